The number of rotatable bonds is 6. The van der Waals surface area contributed by atoms with Crippen molar-refractivity contribution in [1.29, 1.82) is 5.26 Å². The van der Waals surface area contributed by atoms with Gasteiger partial charge < -0.3 is 18.3 Å². The number of alkyl halides is 9. The number of aromatic nitrogens is 4. The van der Waals surface area contributed by atoms with E-state index in [1.807, 2.05) is 210 Å². The van der Waals surface area contributed by atoms with Gasteiger partial charge in [0.1, 0.15) is 0 Å². The lowest BCUT2D eigenvalue weighted by Gasteiger charge is -2.26. The van der Waals surface area contributed by atoms with Crippen molar-refractivity contribution < 1.29 is 39.5 Å². The van der Waals surface area contributed by atoms with Crippen LogP contribution in [0.2, 0.25) is 0 Å². The Labute approximate surface area is 579 Å². The SMILES string of the molecule is [C-]#[N+]c1cccc(C(F)(F)F)c1-c1c(-n2c3c(C)cccc3c3cccc(C)c32)cc(C#N)cc1-n1c2c(C)cccc2c2cccc(C)c21.[C-]#[N+]c1cccc(C(F)(F)F)c1-c1c(-n2c3c(C)cccc3c3cccc(C)c32)cc(C(F)(F)F)cc1-n1c2c(C)cccc2c2cccc(C)c21. The number of hydrogen-bond acceptors (Lipinski definition) is 1. The summed E-state index contributed by atoms with van der Waals surface area (Å²) in [5.41, 5.74) is 8.74. The second kappa shape index (κ2) is 24.0. The van der Waals surface area contributed by atoms with Crippen LogP contribution >= 0.6 is 0 Å². The summed E-state index contributed by atoms with van der Waals surface area (Å²) in [6.45, 7) is 31.5. The Morgan fingerprint density at radius 2 is 0.510 bits per heavy atom. The van der Waals surface area contributed by atoms with Gasteiger partial charge in [-0.15, -0.1) is 0 Å². The Morgan fingerprint density at radius 1 is 0.294 bits per heavy atom. The molecular formula is C86H58F9N7. The number of hydrogen-bond donors (Lipinski definition) is 0. The molecule has 0 spiro atoms. The van der Waals surface area contributed by atoms with E-state index in [0.29, 0.717) is 33.4 Å². The minimum absolute atomic E-state index is 0.118. The molecular weight excluding hydrogens is 1300 g/mol. The first-order valence-electron chi connectivity index (χ1n) is 32.8. The van der Waals surface area contributed by atoms with E-state index in [0.717, 1.165) is 140 Å². The summed E-state index contributed by atoms with van der Waals surface area (Å²) in [5.74, 6) is 0. The summed E-state index contributed by atoms with van der Waals surface area (Å²) in [4.78, 5) is 7.26. The molecule has 4 heterocycles. The van der Waals surface area contributed by atoms with Gasteiger partial charge in [-0.1, -0.05) is 182 Å². The van der Waals surface area contributed by atoms with Crippen molar-refractivity contribution in [3.05, 3.63) is 296 Å². The summed E-state index contributed by atoms with van der Waals surface area (Å²) in [6, 6.07) is 60.7. The van der Waals surface area contributed by atoms with E-state index in [1.54, 1.807) is 21.3 Å². The second-order valence-electron chi connectivity index (χ2n) is 26.1. The van der Waals surface area contributed by atoms with Gasteiger partial charge >= 0.3 is 18.5 Å². The molecule has 16 heteroatoms. The summed E-state index contributed by atoms with van der Waals surface area (Å²) >= 11 is 0. The van der Waals surface area contributed by atoms with Crippen LogP contribution in [0.5, 0.6) is 0 Å². The highest BCUT2D eigenvalue weighted by Gasteiger charge is 2.41. The fraction of sp³-hybridized carbons (Fsp3) is 0.128. The first-order valence-corrected chi connectivity index (χ1v) is 32.8. The van der Waals surface area contributed by atoms with E-state index in [-0.39, 0.29) is 45.0 Å². The average Bonchev–Trinajstić information content (AvgIpc) is 1.51. The Balaban J connectivity index is 0.000000165. The molecule has 0 fully saturated rings. The standard InChI is InChI=1S/C43H29F6N3.C43H29F3N4/c1-23-11-6-15-28-29-16-7-12-24(2)39(29)51(38(23)28)34-21-27(42(44,45)46)22-35(37(34)36-32(43(47,48)49)19-10-20-33(36)50-5)52-40-25(3)13-8-17-30(40)31-18-9-14-26(4)41(31)52;1-24-11-6-15-29-30-16-7-12-25(2)40(30)49(39(24)29)35-21-28(23-47)22-36(38(35)37-33(43(44,45)46)19-10-20-34(37)48-5)50-41-26(3)13-8-17-31(41)32-18-9-14-27(4)42(32)50/h6-22H,1-4H3;6-22H,1-4H3. The molecule has 7 nitrogen and oxygen atoms in total. The molecule has 4 aromatic heterocycles. The molecule has 500 valence electrons. The zero-order valence-electron chi connectivity index (χ0n) is 56.2. The van der Waals surface area contributed by atoms with E-state index in [9.17, 15) is 5.26 Å². The third kappa shape index (κ3) is 10.1. The molecule has 102 heavy (non-hydrogen) atoms. The monoisotopic (exact) mass is 1360 g/mol. The average molecular weight is 1360 g/mol. The van der Waals surface area contributed by atoms with Crippen LogP contribution < -0.4 is 0 Å². The van der Waals surface area contributed by atoms with Gasteiger partial charge in [0.2, 0.25) is 0 Å². The van der Waals surface area contributed by atoms with Crippen LogP contribution in [0.25, 0.3) is 142 Å². The minimum atomic E-state index is -4.95. The fourth-order valence-corrected chi connectivity index (χ4v) is 15.7. The van der Waals surface area contributed by atoms with Crippen LogP contribution in [0.15, 0.2) is 206 Å². The number of nitrogens with zero attached hydrogens (tertiary/aromatic N) is 7. The molecule has 16 aromatic rings. The largest absolute Gasteiger partial charge is 0.416 e. The highest BCUT2D eigenvalue weighted by atomic mass is 19.4. The molecule has 16 rings (SSSR count). The van der Waals surface area contributed by atoms with Crippen molar-refractivity contribution in [1.82, 2.24) is 18.3 Å². The van der Waals surface area contributed by atoms with Crippen LogP contribution in [0.3, 0.4) is 0 Å². The van der Waals surface area contributed by atoms with Gasteiger partial charge in [-0.3, -0.25) is 0 Å². The smallest absolute Gasteiger partial charge is 0.308 e. The maximum Gasteiger partial charge on any atom is 0.416 e. The second-order valence-corrected chi connectivity index (χ2v) is 26.1. The maximum atomic E-state index is 15.3. The number of fused-ring (bicyclic) bond motifs is 12. The fourth-order valence-electron chi connectivity index (χ4n) is 15.7. The van der Waals surface area contributed by atoms with Gasteiger partial charge in [0, 0.05) is 65.3 Å². The van der Waals surface area contributed by atoms with Crippen molar-refractivity contribution in [2.45, 2.75) is 73.9 Å². The maximum absolute atomic E-state index is 15.3. The lowest BCUT2D eigenvalue weighted by atomic mass is 9.92. The van der Waals surface area contributed by atoms with Crippen LogP contribution in [0.1, 0.15) is 66.8 Å². The number of aryl methyl sites for hydroxylation is 8. The Bertz CT molecular complexity index is 5890. The summed E-state index contributed by atoms with van der Waals surface area (Å²) in [6.07, 6.45) is -14.6. The van der Waals surface area contributed by atoms with E-state index in [4.69, 9.17) is 13.1 Å². The first kappa shape index (κ1) is 65.6. The first-order chi connectivity index (χ1) is 48.8. The van der Waals surface area contributed by atoms with E-state index in [1.165, 1.54) is 18.2 Å². The van der Waals surface area contributed by atoms with Gasteiger partial charge in [-0.25, -0.2) is 9.69 Å². The number of nitriles is 1. The molecule has 12 aromatic carbocycles. The molecule has 0 aliphatic rings. The number of para-hydroxylation sites is 8. The molecule has 0 atom stereocenters. The number of halogens is 9. The highest BCUT2D eigenvalue weighted by Crippen LogP contribution is 2.54. The summed E-state index contributed by atoms with van der Waals surface area (Å²) < 4.78 is 145. The molecule has 0 bridgehead atoms. The van der Waals surface area contributed by atoms with E-state index in [2.05, 4.69) is 15.8 Å². The molecule has 0 unspecified atom stereocenters. The quantitative estimate of drug-likeness (QED) is 0.121. The summed E-state index contributed by atoms with van der Waals surface area (Å²) in [5, 5.41) is 17.3. The molecule has 0 aliphatic carbocycles. The van der Waals surface area contributed by atoms with Crippen molar-refractivity contribution >= 4 is 98.6 Å². The highest BCUT2D eigenvalue weighted by molar-refractivity contribution is 6.17. The van der Waals surface area contributed by atoms with Crippen LogP contribution in [-0.2, 0) is 18.5 Å². The lowest BCUT2D eigenvalue weighted by Crippen LogP contribution is -2.14. The topological polar surface area (TPSA) is 52.2 Å². The third-order valence-electron chi connectivity index (χ3n) is 19.9. The Morgan fingerprint density at radius 3 is 0.706 bits per heavy atom. The van der Waals surface area contributed by atoms with Gasteiger partial charge in [0.15, 0.2) is 11.4 Å². The molecule has 0 radical (unpaired) electrons. The van der Waals surface area contributed by atoms with Gasteiger partial charge in [-0.2, -0.15) is 44.8 Å². The molecule has 0 saturated carbocycles. The Hall–Kier alpha value is -12.3. The summed E-state index contributed by atoms with van der Waals surface area (Å²) in [7, 11) is 0. The van der Waals surface area contributed by atoms with Crippen molar-refractivity contribution in [2.24, 2.45) is 0 Å². The zero-order chi connectivity index (χ0) is 71.9. The van der Waals surface area contributed by atoms with E-state index >= 15 is 39.5 Å². The van der Waals surface area contributed by atoms with Crippen molar-refractivity contribution in [3.63, 3.8) is 0 Å². The normalized spacial score (nSPS) is 12.1. The van der Waals surface area contributed by atoms with Crippen molar-refractivity contribution in [2.75, 3.05) is 0 Å². The van der Waals surface area contributed by atoms with Crippen LogP contribution in [0, 0.1) is 79.9 Å². The lowest BCUT2D eigenvalue weighted by molar-refractivity contribution is -0.138. The van der Waals surface area contributed by atoms with Crippen LogP contribution in [-0.4, -0.2) is 18.3 Å². The predicted octanol–water partition coefficient (Wildman–Crippen LogP) is 25.6. The molecule has 0 N–H and O–H groups in total. The third-order valence-corrected chi connectivity index (χ3v) is 19.9. The molecule has 0 saturated heterocycles. The molecule has 0 aliphatic heterocycles. The number of benzene rings is 12. The van der Waals surface area contributed by atoms with Gasteiger partial charge in [-0.05, 0) is 124 Å². The van der Waals surface area contributed by atoms with Crippen molar-refractivity contribution in [3.8, 4) is 51.1 Å². The minimum Gasteiger partial charge on any atom is -0.308 e. The Kier molecular flexibility index (Phi) is 15.4. The zero-order valence-corrected chi connectivity index (χ0v) is 56.2. The van der Waals surface area contributed by atoms with Gasteiger partial charge in [0.05, 0.1) is 108 Å². The van der Waals surface area contributed by atoms with E-state index < -0.39 is 40.8 Å². The van der Waals surface area contributed by atoms with Crippen LogP contribution in [0.4, 0.5) is 50.9 Å². The predicted molar refractivity (Wildman–Crippen MR) is 391 cm³/mol. The van der Waals surface area contributed by atoms with Gasteiger partial charge in [0.25, 0.3) is 0 Å². The molecule has 0 amide bonds.